The van der Waals surface area contributed by atoms with Crippen LogP contribution in [0.25, 0.3) is 11.3 Å². The number of thioether (sulfide) groups is 1. The van der Waals surface area contributed by atoms with Crippen LogP contribution in [-0.4, -0.2) is 16.0 Å². The highest BCUT2D eigenvalue weighted by molar-refractivity contribution is 7.99. The van der Waals surface area contributed by atoms with Crippen LogP contribution in [0.3, 0.4) is 0 Å². The normalized spacial score (nSPS) is 10.3. The van der Waals surface area contributed by atoms with Crippen molar-refractivity contribution in [1.82, 2.24) is 10.2 Å². The molecule has 16 heavy (non-hydrogen) atoms. The van der Waals surface area contributed by atoms with Gasteiger partial charge in [0, 0.05) is 10.5 Å². The van der Waals surface area contributed by atoms with Gasteiger partial charge in [-0.1, -0.05) is 25.1 Å². The van der Waals surface area contributed by atoms with Crippen molar-refractivity contribution in [3.8, 4) is 11.3 Å². The second-order valence-corrected chi connectivity index (χ2v) is 4.58. The summed E-state index contributed by atoms with van der Waals surface area (Å²) in [5, 5.41) is 7.98. The molecule has 0 unspecified atom stereocenters. The Balaban J connectivity index is 2.42. The second kappa shape index (κ2) is 4.99. The lowest BCUT2D eigenvalue weighted by atomic mass is 10.1. The molecule has 1 heterocycles. The van der Waals surface area contributed by atoms with Crippen molar-refractivity contribution >= 4 is 17.6 Å². The molecule has 0 fully saturated rings. The minimum Gasteiger partial charge on any atom is -0.382 e. The standard InChI is InChI=1S/C12H13N3S/c1-2-16-11-6-4-3-5-9(11)10-7-8-12(13)15-14-10/h3-8H,2H2,1H3,(H2,13,15). The Bertz CT molecular complexity index is 468. The maximum Gasteiger partial charge on any atom is 0.146 e. The summed E-state index contributed by atoms with van der Waals surface area (Å²) in [4.78, 5) is 1.23. The largest absolute Gasteiger partial charge is 0.382 e. The fraction of sp³-hybridized carbons (Fsp3) is 0.167. The summed E-state index contributed by atoms with van der Waals surface area (Å²) in [6, 6.07) is 11.9. The highest BCUT2D eigenvalue weighted by atomic mass is 32.2. The quantitative estimate of drug-likeness (QED) is 0.825. The van der Waals surface area contributed by atoms with E-state index in [1.165, 1.54) is 4.90 Å². The van der Waals surface area contributed by atoms with E-state index < -0.39 is 0 Å². The molecule has 0 aliphatic rings. The molecule has 0 radical (unpaired) electrons. The smallest absolute Gasteiger partial charge is 0.146 e. The topological polar surface area (TPSA) is 51.8 Å². The number of nitrogens with zero attached hydrogens (tertiary/aromatic N) is 2. The molecule has 0 saturated carbocycles. The summed E-state index contributed by atoms with van der Waals surface area (Å²) in [7, 11) is 0. The summed E-state index contributed by atoms with van der Waals surface area (Å²) in [6.45, 7) is 2.14. The average Bonchev–Trinajstić information content (AvgIpc) is 2.32. The van der Waals surface area contributed by atoms with E-state index in [1.807, 2.05) is 18.2 Å². The molecule has 2 rings (SSSR count). The predicted molar refractivity (Wildman–Crippen MR) is 68.3 cm³/mol. The molecule has 4 heteroatoms. The molecule has 2 N–H and O–H groups in total. The van der Waals surface area contributed by atoms with Gasteiger partial charge in [0.15, 0.2) is 0 Å². The van der Waals surface area contributed by atoms with Gasteiger partial charge >= 0.3 is 0 Å². The molecule has 2 aromatic rings. The van der Waals surface area contributed by atoms with Crippen molar-refractivity contribution in [2.45, 2.75) is 11.8 Å². The lowest BCUT2D eigenvalue weighted by Crippen LogP contribution is -1.94. The molecule has 3 nitrogen and oxygen atoms in total. The molecule has 0 aliphatic heterocycles. The lowest BCUT2D eigenvalue weighted by Gasteiger charge is -2.06. The zero-order valence-corrected chi connectivity index (χ0v) is 9.87. The van der Waals surface area contributed by atoms with E-state index in [2.05, 4.69) is 29.3 Å². The van der Waals surface area contributed by atoms with Crippen molar-refractivity contribution in [2.75, 3.05) is 11.5 Å². The van der Waals surface area contributed by atoms with Crippen LogP contribution in [0.2, 0.25) is 0 Å². The third-order valence-electron chi connectivity index (χ3n) is 2.15. The average molecular weight is 231 g/mol. The van der Waals surface area contributed by atoms with E-state index in [0.717, 1.165) is 17.0 Å². The van der Waals surface area contributed by atoms with Crippen molar-refractivity contribution in [2.24, 2.45) is 0 Å². The first kappa shape index (κ1) is 11.0. The van der Waals surface area contributed by atoms with Gasteiger partial charge in [0.2, 0.25) is 0 Å². The number of anilines is 1. The summed E-state index contributed by atoms with van der Waals surface area (Å²) < 4.78 is 0. The monoisotopic (exact) mass is 231 g/mol. The van der Waals surface area contributed by atoms with Gasteiger partial charge < -0.3 is 5.73 Å². The Morgan fingerprint density at radius 1 is 1.12 bits per heavy atom. The van der Waals surface area contributed by atoms with E-state index in [0.29, 0.717) is 5.82 Å². The third kappa shape index (κ3) is 2.33. The SMILES string of the molecule is CCSc1ccccc1-c1ccc(N)nn1. The summed E-state index contributed by atoms with van der Waals surface area (Å²) in [5.74, 6) is 1.49. The van der Waals surface area contributed by atoms with Crippen LogP contribution in [0.5, 0.6) is 0 Å². The minimum absolute atomic E-state index is 0.448. The maximum absolute atomic E-state index is 5.52. The number of aromatic nitrogens is 2. The van der Waals surface area contributed by atoms with Crippen LogP contribution in [0.15, 0.2) is 41.3 Å². The number of hydrogen-bond donors (Lipinski definition) is 1. The van der Waals surface area contributed by atoms with Crippen LogP contribution in [-0.2, 0) is 0 Å². The third-order valence-corrected chi connectivity index (χ3v) is 3.10. The lowest BCUT2D eigenvalue weighted by molar-refractivity contribution is 1.04. The van der Waals surface area contributed by atoms with Gasteiger partial charge in [-0.15, -0.1) is 22.0 Å². The van der Waals surface area contributed by atoms with Crippen LogP contribution >= 0.6 is 11.8 Å². The molecular weight excluding hydrogens is 218 g/mol. The van der Waals surface area contributed by atoms with Gasteiger partial charge in [0.1, 0.15) is 5.82 Å². The van der Waals surface area contributed by atoms with Gasteiger partial charge in [-0.2, -0.15) is 0 Å². The van der Waals surface area contributed by atoms with Crippen LogP contribution in [0.1, 0.15) is 6.92 Å². The van der Waals surface area contributed by atoms with E-state index in [9.17, 15) is 0 Å². The Kier molecular flexibility index (Phi) is 3.41. The van der Waals surface area contributed by atoms with E-state index >= 15 is 0 Å². The highest BCUT2D eigenvalue weighted by Crippen LogP contribution is 2.29. The van der Waals surface area contributed by atoms with E-state index in [1.54, 1.807) is 17.8 Å². The summed E-state index contributed by atoms with van der Waals surface area (Å²) >= 11 is 1.80. The molecule has 82 valence electrons. The Morgan fingerprint density at radius 2 is 1.94 bits per heavy atom. The zero-order chi connectivity index (χ0) is 11.4. The van der Waals surface area contributed by atoms with Gasteiger partial charge in [0.05, 0.1) is 5.69 Å². The van der Waals surface area contributed by atoms with Gasteiger partial charge in [0.25, 0.3) is 0 Å². The fourth-order valence-corrected chi connectivity index (χ4v) is 2.26. The Morgan fingerprint density at radius 3 is 2.62 bits per heavy atom. The Hall–Kier alpha value is -1.55. The van der Waals surface area contributed by atoms with Crippen LogP contribution in [0, 0.1) is 0 Å². The van der Waals surface area contributed by atoms with Gasteiger partial charge in [-0.05, 0) is 24.0 Å². The summed E-state index contributed by atoms with van der Waals surface area (Å²) in [5.41, 5.74) is 7.50. The number of nitrogens with two attached hydrogens (primary N) is 1. The summed E-state index contributed by atoms with van der Waals surface area (Å²) in [6.07, 6.45) is 0. The molecule has 0 spiro atoms. The number of rotatable bonds is 3. The fourth-order valence-electron chi connectivity index (χ4n) is 1.45. The zero-order valence-electron chi connectivity index (χ0n) is 9.05. The van der Waals surface area contributed by atoms with Crippen LogP contribution < -0.4 is 5.73 Å². The molecule has 0 aliphatic carbocycles. The van der Waals surface area contributed by atoms with E-state index in [4.69, 9.17) is 5.73 Å². The second-order valence-electron chi connectivity index (χ2n) is 3.27. The van der Waals surface area contributed by atoms with Crippen molar-refractivity contribution in [1.29, 1.82) is 0 Å². The predicted octanol–water partition coefficient (Wildman–Crippen LogP) is 2.84. The minimum atomic E-state index is 0.448. The first-order valence-corrected chi connectivity index (χ1v) is 6.11. The van der Waals surface area contributed by atoms with Crippen molar-refractivity contribution < 1.29 is 0 Å². The number of hydrogen-bond acceptors (Lipinski definition) is 4. The number of nitrogen functional groups attached to an aromatic ring is 1. The molecule has 0 saturated heterocycles. The molecular formula is C12H13N3S. The first-order valence-electron chi connectivity index (χ1n) is 5.12. The first-order chi connectivity index (χ1) is 7.81. The molecule has 1 aromatic heterocycles. The maximum atomic E-state index is 5.52. The van der Waals surface area contributed by atoms with Gasteiger partial charge in [-0.3, -0.25) is 0 Å². The Labute approximate surface area is 99.1 Å². The molecule has 0 atom stereocenters. The van der Waals surface area contributed by atoms with Gasteiger partial charge in [-0.25, -0.2) is 0 Å². The van der Waals surface area contributed by atoms with Crippen molar-refractivity contribution in [3.63, 3.8) is 0 Å². The van der Waals surface area contributed by atoms with Crippen LogP contribution in [0.4, 0.5) is 5.82 Å². The van der Waals surface area contributed by atoms with E-state index in [-0.39, 0.29) is 0 Å². The molecule has 0 bridgehead atoms. The highest BCUT2D eigenvalue weighted by Gasteiger charge is 2.05. The number of benzene rings is 1. The molecule has 1 aromatic carbocycles. The van der Waals surface area contributed by atoms with Crippen molar-refractivity contribution in [3.05, 3.63) is 36.4 Å². The molecule has 0 amide bonds.